The minimum absolute atomic E-state index is 0.267. The van der Waals surface area contributed by atoms with Crippen molar-refractivity contribution in [3.05, 3.63) is 59.4 Å². The maximum Gasteiger partial charge on any atom is 0.318 e. The molecule has 0 spiro atoms. The summed E-state index contributed by atoms with van der Waals surface area (Å²) in [5.74, 6) is 0.451. The normalized spacial score (nSPS) is 13.7. The van der Waals surface area contributed by atoms with Gasteiger partial charge in [-0.2, -0.15) is 15.2 Å². The molecule has 0 bridgehead atoms. The number of carbonyl (C=O) groups is 1. The van der Waals surface area contributed by atoms with Crippen molar-refractivity contribution in [1.29, 1.82) is 5.26 Å². The largest absolute Gasteiger partial charge is 0.464 e. The molecule has 0 unspecified atom stereocenters. The fourth-order valence-corrected chi connectivity index (χ4v) is 4.23. The molecule has 1 saturated heterocycles. The summed E-state index contributed by atoms with van der Waals surface area (Å²) in [6.07, 6.45) is 3.14. The maximum atomic E-state index is 13.0. The Labute approximate surface area is 211 Å². The molecule has 1 aromatic carbocycles. The van der Waals surface area contributed by atoms with Crippen LogP contribution in [0.4, 0.5) is 11.5 Å². The summed E-state index contributed by atoms with van der Waals surface area (Å²) in [4.78, 5) is 28.5. The van der Waals surface area contributed by atoms with E-state index in [0.29, 0.717) is 55.4 Å². The molecule has 1 amide bonds. The molecule has 9 nitrogen and oxygen atoms in total. The van der Waals surface area contributed by atoms with E-state index >= 15 is 0 Å². The highest BCUT2D eigenvalue weighted by atomic mass is 16.5. The average Bonchev–Trinajstić information content (AvgIpc) is 2.90. The van der Waals surface area contributed by atoms with Crippen molar-refractivity contribution < 1.29 is 14.3 Å². The zero-order valence-corrected chi connectivity index (χ0v) is 21.0. The summed E-state index contributed by atoms with van der Waals surface area (Å²) in [5, 5.41) is 13.1. The van der Waals surface area contributed by atoms with Crippen molar-refractivity contribution in [3.8, 4) is 23.3 Å². The van der Waals surface area contributed by atoms with Crippen molar-refractivity contribution in [3.63, 3.8) is 0 Å². The van der Waals surface area contributed by atoms with Crippen molar-refractivity contribution >= 4 is 17.4 Å². The number of morpholine rings is 1. The maximum absolute atomic E-state index is 13.0. The van der Waals surface area contributed by atoms with Gasteiger partial charge in [0.1, 0.15) is 5.82 Å². The number of hydrogen-bond donors (Lipinski definition) is 1. The van der Waals surface area contributed by atoms with E-state index in [1.165, 1.54) is 0 Å². The number of rotatable bonds is 7. The first kappa shape index (κ1) is 25.1. The van der Waals surface area contributed by atoms with E-state index in [1.54, 1.807) is 24.5 Å². The number of nitrogens with one attached hydrogen (secondary N) is 1. The van der Waals surface area contributed by atoms with E-state index < -0.39 is 5.41 Å². The summed E-state index contributed by atoms with van der Waals surface area (Å²) in [6.45, 7) is 10.6. The van der Waals surface area contributed by atoms with Gasteiger partial charge in [-0.05, 0) is 51.5 Å². The lowest BCUT2D eigenvalue weighted by atomic mass is 9.79. The van der Waals surface area contributed by atoms with E-state index in [4.69, 9.17) is 14.5 Å². The molecule has 186 valence electrons. The van der Waals surface area contributed by atoms with E-state index in [2.05, 4.69) is 26.3 Å². The van der Waals surface area contributed by atoms with Crippen LogP contribution in [0.3, 0.4) is 0 Å². The molecule has 0 aliphatic carbocycles. The average molecular weight is 487 g/mol. The van der Waals surface area contributed by atoms with E-state index in [9.17, 15) is 10.1 Å². The second-order valence-electron chi connectivity index (χ2n) is 9.03. The zero-order valence-electron chi connectivity index (χ0n) is 21.0. The first-order chi connectivity index (χ1) is 17.3. The molecule has 0 radical (unpaired) electrons. The minimum Gasteiger partial charge on any atom is -0.464 e. The standard InChI is InChI=1S/C27H30N6O3/c1-5-36-26-31-21(16-22(32-26)33-12-14-35-15-13-33)23-18(2)6-7-20(24(23)27(3,4)17-28)30-25(34)19-8-10-29-11-9-19/h6-11,16H,5,12-15H2,1-4H3,(H,30,34). The molecule has 3 aromatic rings. The number of nitriles is 1. The van der Waals surface area contributed by atoms with Gasteiger partial charge in [-0.15, -0.1) is 0 Å². The number of carbonyl (C=O) groups excluding carboxylic acids is 1. The summed E-state index contributed by atoms with van der Waals surface area (Å²) < 4.78 is 11.2. The van der Waals surface area contributed by atoms with Crippen LogP contribution in [0.2, 0.25) is 0 Å². The van der Waals surface area contributed by atoms with Crippen LogP contribution in [0.25, 0.3) is 11.3 Å². The number of anilines is 2. The number of nitrogens with zero attached hydrogens (tertiary/aromatic N) is 5. The zero-order chi connectivity index (χ0) is 25.7. The number of hydrogen-bond acceptors (Lipinski definition) is 8. The molecule has 0 atom stereocenters. The van der Waals surface area contributed by atoms with Gasteiger partial charge < -0.3 is 19.7 Å². The highest BCUT2D eigenvalue weighted by molar-refractivity contribution is 6.05. The molecule has 1 fully saturated rings. The van der Waals surface area contributed by atoms with Gasteiger partial charge in [0, 0.05) is 53.9 Å². The van der Waals surface area contributed by atoms with Gasteiger partial charge in [0.05, 0.1) is 37.0 Å². The molecule has 9 heteroatoms. The van der Waals surface area contributed by atoms with Crippen molar-refractivity contribution in [2.45, 2.75) is 33.1 Å². The lowest BCUT2D eigenvalue weighted by molar-refractivity contribution is 0.102. The molecule has 36 heavy (non-hydrogen) atoms. The van der Waals surface area contributed by atoms with Crippen LogP contribution in [0.1, 0.15) is 42.3 Å². The predicted molar refractivity (Wildman–Crippen MR) is 137 cm³/mol. The SMILES string of the molecule is CCOc1nc(-c2c(C)ccc(NC(=O)c3ccncc3)c2C(C)(C)C#N)cc(N2CCOCC2)n1. The lowest BCUT2D eigenvalue weighted by Gasteiger charge is -2.29. The number of aryl methyl sites for hydroxylation is 1. The van der Waals surface area contributed by atoms with Crippen LogP contribution in [-0.2, 0) is 10.2 Å². The first-order valence-electron chi connectivity index (χ1n) is 12.0. The van der Waals surface area contributed by atoms with Gasteiger partial charge in [-0.1, -0.05) is 6.07 Å². The van der Waals surface area contributed by atoms with Crippen LogP contribution < -0.4 is 15.0 Å². The van der Waals surface area contributed by atoms with Crippen LogP contribution in [0.5, 0.6) is 6.01 Å². The highest BCUT2D eigenvalue weighted by Gasteiger charge is 2.30. The first-order valence-corrected chi connectivity index (χ1v) is 12.0. The van der Waals surface area contributed by atoms with Crippen molar-refractivity contribution in [2.24, 2.45) is 0 Å². The Hall–Kier alpha value is -4.03. The smallest absolute Gasteiger partial charge is 0.318 e. The highest BCUT2D eigenvalue weighted by Crippen LogP contribution is 2.41. The molecular formula is C27H30N6O3. The number of amides is 1. The molecule has 1 N–H and O–H groups in total. The van der Waals surface area contributed by atoms with Gasteiger partial charge in [0.15, 0.2) is 0 Å². The summed E-state index contributed by atoms with van der Waals surface area (Å²) in [6, 6.07) is 11.6. The molecule has 2 aromatic heterocycles. The third-order valence-corrected chi connectivity index (χ3v) is 6.07. The van der Waals surface area contributed by atoms with Crippen LogP contribution in [0, 0.1) is 18.3 Å². The predicted octanol–water partition coefficient (Wildman–Crippen LogP) is 4.14. The summed E-state index contributed by atoms with van der Waals surface area (Å²) in [5.41, 5.74) is 3.10. The van der Waals surface area contributed by atoms with Crippen LogP contribution >= 0.6 is 0 Å². The fraction of sp³-hybridized carbons (Fsp3) is 0.370. The third-order valence-electron chi connectivity index (χ3n) is 6.07. The second-order valence-corrected chi connectivity index (χ2v) is 9.03. The van der Waals surface area contributed by atoms with Gasteiger partial charge in [0.2, 0.25) is 0 Å². The Bertz CT molecular complexity index is 1280. The van der Waals surface area contributed by atoms with Gasteiger partial charge in [-0.25, -0.2) is 0 Å². The monoisotopic (exact) mass is 486 g/mol. The van der Waals surface area contributed by atoms with Crippen LogP contribution in [0.15, 0.2) is 42.7 Å². The number of benzene rings is 1. The number of aromatic nitrogens is 3. The van der Waals surface area contributed by atoms with Gasteiger partial charge in [0.25, 0.3) is 5.91 Å². The quantitative estimate of drug-likeness (QED) is 0.530. The molecule has 1 aliphatic heterocycles. The minimum atomic E-state index is -0.932. The number of pyridine rings is 1. The van der Waals surface area contributed by atoms with Gasteiger partial charge in [-0.3, -0.25) is 9.78 Å². The Kier molecular flexibility index (Phi) is 7.46. The van der Waals surface area contributed by atoms with E-state index in [0.717, 1.165) is 16.9 Å². The summed E-state index contributed by atoms with van der Waals surface area (Å²) in [7, 11) is 0. The topological polar surface area (TPSA) is 113 Å². The molecule has 0 saturated carbocycles. The molecule has 3 heterocycles. The fourth-order valence-electron chi connectivity index (χ4n) is 4.23. The van der Waals surface area contributed by atoms with Crippen molar-refractivity contribution in [1.82, 2.24) is 15.0 Å². The number of ether oxygens (including phenoxy) is 2. The van der Waals surface area contributed by atoms with E-state index in [1.807, 2.05) is 45.9 Å². The Morgan fingerprint density at radius 2 is 1.92 bits per heavy atom. The van der Waals surface area contributed by atoms with Gasteiger partial charge >= 0.3 is 6.01 Å². The Morgan fingerprint density at radius 3 is 2.58 bits per heavy atom. The Balaban J connectivity index is 1.88. The summed E-state index contributed by atoms with van der Waals surface area (Å²) >= 11 is 0. The molecular weight excluding hydrogens is 456 g/mol. The van der Waals surface area contributed by atoms with Crippen LogP contribution in [-0.4, -0.2) is 53.8 Å². The molecule has 4 rings (SSSR count). The lowest BCUT2D eigenvalue weighted by Crippen LogP contribution is -2.36. The second kappa shape index (κ2) is 10.7. The Morgan fingerprint density at radius 1 is 1.19 bits per heavy atom. The van der Waals surface area contributed by atoms with E-state index in [-0.39, 0.29) is 11.9 Å². The third kappa shape index (κ3) is 5.29. The molecule has 1 aliphatic rings. The van der Waals surface area contributed by atoms with Crippen molar-refractivity contribution in [2.75, 3.05) is 43.1 Å².